The Morgan fingerprint density at radius 3 is 2.28 bits per heavy atom. The van der Waals surface area contributed by atoms with Crippen LogP contribution in [0.4, 0.5) is 0 Å². The van der Waals surface area contributed by atoms with Crippen LogP contribution in [0, 0.1) is 35.5 Å². The molecule has 7 atom stereocenters. The summed E-state index contributed by atoms with van der Waals surface area (Å²) in [6.45, 7) is 8.32. The van der Waals surface area contributed by atoms with Gasteiger partial charge >= 0.3 is 0 Å². The first kappa shape index (κ1) is 13.0. The van der Waals surface area contributed by atoms with Crippen LogP contribution in [-0.4, -0.2) is 12.6 Å². The molecule has 1 nitrogen and oxygen atoms in total. The van der Waals surface area contributed by atoms with Gasteiger partial charge in [-0.25, -0.2) is 0 Å². The van der Waals surface area contributed by atoms with E-state index in [4.69, 9.17) is 0 Å². The summed E-state index contributed by atoms with van der Waals surface area (Å²) in [4.78, 5) is 0. The molecule has 0 aliphatic heterocycles. The van der Waals surface area contributed by atoms with E-state index in [0.29, 0.717) is 0 Å². The molecule has 0 aromatic heterocycles. The highest BCUT2D eigenvalue weighted by Gasteiger charge is 2.53. The molecular formula is C17H31N. The molecule has 0 radical (unpaired) electrons. The summed E-state index contributed by atoms with van der Waals surface area (Å²) in [5.41, 5.74) is 0. The van der Waals surface area contributed by atoms with E-state index in [-0.39, 0.29) is 0 Å². The van der Waals surface area contributed by atoms with E-state index in [2.05, 4.69) is 26.1 Å². The number of nitrogens with one attached hydrogen (secondary N) is 1. The lowest BCUT2D eigenvalue weighted by Gasteiger charge is -2.26. The predicted molar refractivity (Wildman–Crippen MR) is 77.5 cm³/mol. The summed E-state index contributed by atoms with van der Waals surface area (Å²) >= 11 is 0. The minimum atomic E-state index is 0.848. The number of hydrogen-bond donors (Lipinski definition) is 1. The fourth-order valence-corrected chi connectivity index (χ4v) is 5.57. The number of rotatable bonds is 5. The van der Waals surface area contributed by atoms with Gasteiger partial charge < -0.3 is 5.32 Å². The molecule has 0 bridgehead atoms. The Bertz CT molecular complexity index is 275. The van der Waals surface area contributed by atoms with Gasteiger partial charge in [-0.3, -0.25) is 0 Å². The van der Waals surface area contributed by atoms with Crippen molar-refractivity contribution in [2.45, 2.75) is 65.3 Å². The summed E-state index contributed by atoms with van der Waals surface area (Å²) < 4.78 is 0. The molecule has 3 aliphatic carbocycles. The van der Waals surface area contributed by atoms with Gasteiger partial charge in [0.25, 0.3) is 0 Å². The molecule has 3 fully saturated rings. The van der Waals surface area contributed by atoms with Crippen molar-refractivity contribution in [1.82, 2.24) is 5.32 Å². The normalized spacial score (nSPS) is 48.2. The summed E-state index contributed by atoms with van der Waals surface area (Å²) in [5.74, 6) is 6.22. The quantitative estimate of drug-likeness (QED) is 0.774. The van der Waals surface area contributed by atoms with E-state index in [1.165, 1.54) is 25.7 Å². The lowest BCUT2D eigenvalue weighted by molar-refractivity contribution is 0.297. The number of hydrogen-bond acceptors (Lipinski definition) is 1. The Morgan fingerprint density at radius 2 is 1.78 bits per heavy atom. The zero-order valence-corrected chi connectivity index (χ0v) is 12.5. The van der Waals surface area contributed by atoms with Crippen molar-refractivity contribution in [3.8, 4) is 0 Å². The minimum Gasteiger partial charge on any atom is -0.314 e. The van der Waals surface area contributed by atoms with Crippen LogP contribution in [0.3, 0.4) is 0 Å². The SMILES string of the molecule is CCNC(C1C(C)C1CC)[C@H]1CC2CCC[C@@H]2C1. The van der Waals surface area contributed by atoms with E-state index in [9.17, 15) is 0 Å². The smallest absolute Gasteiger partial charge is 0.0129 e. The summed E-state index contributed by atoms with van der Waals surface area (Å²) in [5, 5.41) is 3.87. The molecule has 0 saturated heterocycles. The van der Waals surface area contributed by atoms with Crippen LogP contribution in [0.5, 0.6) is 0 Å². The van der Waals surface area contributed by atoms with Crippen molar-refractivity contribution in [2.75, 3.05) is 6.54 Å². The fourth-order valence-electron chi connectivity index (χ4n) is 5.57. The van der Waals surface area contributed by atoms with Crippen molar-refractivity contribution in [1.29, 1.82) is 0 Å². The first-order valence-electron chi connectivity index (χ1n) is 8.49. The molecule has 0 aromatic rings. The van der Waals surface area contributed by atoms with Crippen molar-refractivity contribution in [3.05, 3.63) is 0 Å². The maximum absolute atomic E-state index is 3.87. The molecule has 1 heteroatoms. The largest absolute Gasteiger partial charge is 0.314 e. The highest BCUT2D eigenvalue weighted by molar-refractivity contribution is 5.05. The van der Waals surface area contributed by atoms with Gasteiger partial charge in [-0.15, -0.1) is 0 Å². The Hall–Kier alpha value is -0.0400. The zero-order chi connectivity index (χ0) is 12.7. The molecule has 3 saturated carbocycles. The van der Waals surface area contributed by atoms with E-state index in [1.54, 1.807) is 12.8 Å². The molecule has 5 unspecified atom stereocenters. The Morgan fingerprint density at radius 1 is 1.11 bits per heavy atom. The summed E-state index contributed by atoms with van der Waals surface area (Å²) in [7, 11) is 0. The predicted octanol–water partition coefficient (Wildman–Crippen LogP) is 4.08. The zero-order valence-electron chi connectivity index (χ0n) is 12.5. The lowest BCUT2D eigenvalue weighted by atomic mass is 9.90. The van der Waals surface area contributed by atoms with E-state index in [0.717, 1.165) is 48.1 Å². The van der Waals surface area contributed by atoms with Crippen LogP contribution < -0.4 is 5.32 Å². The Labute approximate surface area is 113 Å². The third-order valence-electron chi connectivity index (χ3n) is 6.50. The lowest BCUT2D eigenvalue weighted by Crippen LogP contribution is -2.38. The highest BCUT2D eigenvalue weighted by atomic mass is 14.9. The van der Waals surface area contributed by atoms with Gasteiger partial charge in [0, 0.05) is 6.04 Å². The molecule has 104 valence electrons. The molecule has 18 heavy (non-hydrogen) atoms. The third kappa shape index (κ3) is 2.13. The molecule has 0 spiro atoms. The molecule has 3 aliphatic rings. The monoisotopic (exact) mass is 249 g/mol. The van der Waals surface area contributed by atoms with Crippen LogP contribution in [-0.2, 0) is 0 Å². The van der Waals surface area contributed by atoms with Gasteiger partial charge in [0.2, 0.25) is 0 Å². The van der Waals surface area contributed by atoms with Crippen molar-refractivity contribution in [2.24, 2.45) is 35.5 Å². The maximum atomic E-state index is 3.87. The van der Waals surface area contributed by atoms with Crippen LogP contribution in [0.15, 0.2) is 0 Å². The average Bonchev–Trinajstić information content (AvgIpc) is 2.71. The van der Waals surface area contributed by atoms with Crippen LogP contribution >= 0.6 is 0 Å². The van der Waals surface area contributed by atoms with Gasteiger partial charge in [-0.2, -0.15) is 0 Å². The molecule has 0 amide bonds. The van der Waals surface area contributed by atoms with Gasteiger partial charge in [-0.1, -0.05) is 46.5 Å². The van der Waals surface area contributed by atoms with Gasteiger partial charge in [0.05, 0.1) is 0 Å². The van der Waals surface area contributed by atoms with Crippen molar-refractivity contribution < 1.29 is 0 Å². The molecule has 1 N–H and O–H groups in total. The second-order valence-corrected chi connectivity index (χ2v) is 7.27. The third-order valence-corrected chi connectivity index (χ3v) is 6.50. The maximum Gasteiger partial charge on any atom is 0.0129 e. The fraction of sp³-hybridized carbons (Fsp3) is 1.00. The Balaban J connectivity index is 1.64. The summed E-state index contributed by atoms with van der Waals surface area (Å²) in [6, 6.07) is 0.848. The van der Waals surface area contributed by atoms with Gasteiger partial charge in [0.15, 0.2) is 0 Å². The van der Waals surface area contributed by atoms with Gasteiger partial charge in [-0.05, 0) is 54.9 Å². The topological polar surface area (TPSA) is 12.0 Å². The Kier molecular flexibility index (Phi) is 3.71. The second-order valence-electron chi connectivity index (χ2n) is 7.27. The van der Waals surface area contributed by atoms with Crippen molar-refractivity contribution >= 4 is 0 Å². The molecule has 3 rings (SSSR count). The van der Waals surface area contributed by atoms with Crippen LogP contribution in [0.25, 0.3) is 0 Å². The average molecular weight is 249 g/mol. The number of fused-ring (bicyclic) bond motifs is 1. The first-order valence-corrected chi connectivity index (χ1v) is 8.49. The second kappa shape index (κ2) is 5.15. The first-order chi connectivity index (χ1) is 8.76. The molecule has 0 heterocycles. The standard InChI is InChI=1S/C17H31N/c1-4-15-11(3)16(15)17(18-5-2)14-9-12-7-6-8-13(12)10-14/h11-18H,4-10H2,1-3H3/t11?,12-,13?,14-,15?,16?,17?/m1/s1. The van der Waals surface area contributed by atoms with Crippen LogP contribution in [0.1, 0.15) is 59.3 Å². The molecule has 0 aromatic carbocycles. The van der Waals surface area contributed by atoms with E-state index in [1.807, 2.05) is 0 Å². The highest BCUT2D eigenvalue weighted by Crippen LogP contribution is 2.56. The van der Waals surface area contributed by atoms with Crippen LogP contribution in [0.2, 0.25) is 0 Å². The van der Waals surface area contributed by atoms with E-state index < -0.39 is 0 Å². The van der Waals surface area contributed by atoms with E-state index >= 15 is 0 Å². The van der Waals surface area contributed by atoms with Crippen molar-refractivity contribution in [3.63, 3.8) is 0 Å². The summed E-state index contributed by atoms with van der Waals surface area (Å²) in [6.07, 6.45) is 9.08. The minimum absolute atomic E-state index is 0.848. The molecular weight excluding hydrogens is 218 g/mol. The van der Waals surface area contributed by atoms with Gasteiger partial charge in [0.1, 0.15) is 0 Å².